The lowest BCUT2D eigenvalue weighted by atomic mass is 10.0. The molecule has 0 aromatic heterocycles. The lowest BCUT2D eigenvalue weighted by Crippen LogP contribution is -2.37. The zero-order valence-electron chi connectivity index (χ0n) is 11.5. The Labute approximate surface area is 109 Å². The van der Waals surface area contributed by atoms with Gasteiger partial charge in [-0.05, 0) is 38.3 Å². The van der Waals surface area contributed by atoms with Crippen LogP contribution < -0.4 is 5.32 Å². The second-order valence-electron chi connectivity index (χ2n) is 4.87. The van der Waals surface area contributed by atoms with E-state index >= 15 is 0 Å². The highest BCUT2D eigenvalue weighted by Gasteiger charge is 2.14. The van der Waals surface area contributed by atoms with Gasteiger partial charge in [-0.3, -0.25) is 0 Å². The highest BCUT2D eigenvalue weighted by Crippen LogP contribution is 2.15. The van der Waals surface area contributed by atoms with Crippen LogP contribution in [0.25, 0.3) is 0 Å². The minimum Gasteiger partial charge on any atom is -0.311 e. The Morgan fingerprint density at radius 1 is 1.17 bits per heavy atom. The first kappa shape index (κ1) is 15.1. The summed E-state index contributed by atoms with van der Waals surface area (Å²) < 4.78 is 27.0. The summed E-state index contributed by atoms with van der Waals surface area (Å²) >= 11 is 0. The van der Waals surface area contributed by atoms with Gasteiger partial charge in [-0.2, -0.15) is 0 Å². The van der Waals surface area contributed by atoms with Crippen molar-refractivity contribution in [2.45, 2.75) is 58.5 Å². The molecule has 0 bridgehead atoms. The maximum absolute atomic E-state index is 13.5. The number of nitrogens with one attached hydrogen (secondary N) is 1. The van der Waals surface area contributed by atoms with E-state index in [1.807, 2.05) is 6.92 Å². The van der Waals surface area contributed by atoms with E-state index in [0.29, 0.717) is 12.5 Å². The second kappa shape index (κ2) is 7.47. The standard InChI is InChI=1S/C15H23F2N/c1-4-7-12(5-2)18-11(3)10-13-14(16)8-6-9-15(13)17/h6,8-9,11-12,18H,4-5,7,10H2,1-3H3. The van der Waals surface area contributed by atoms with Crippen molar-refractivity contribution in [1.82, 2.24) is 5.32 Å². The molecule has 102 valence electrons. The molecular formula is C15H23F2N. The van der Waals surface area contributed by atoms with Gasteiger partial charge >= 0.3 is 0 Å². The van der Waals surface area contributed by atoms with Crippen LogP contribution in [0.2, 0.25) is 0 Å². The third-order valence-corrected chi connectivity index (χ3v) is 3.22. The molecule has 1 aromatic rings. The monoisotopic (exact) mass is 255 g/mol. The van der Waals surface area contributed by atoms with Crippen LogP contribution in [-0.4, -0.2) is 12.1 Å². The fraction of sp³-hybridized carbons (Fsp3) is 0.600. The number of hydrogen-bond donors (Lipinski definition) is 1. The zero-order valence-corrected chi connectivity index (χ0v) is 11.5. The van der Waals surface area contributed by atoms with E-state index in [2.05, 4.69) is 19.2 Å². The van der Waals surface area contributed by atoms with Crippen LogP contribution in [0.15, 0.2) is 18.2 Å². The fourth-order valence-corrected chi connectivity index (χ4v) is 2.25. The minimum atomic E-state index is -0.452. The normalized spacial score (nSPS) is 14.5. The average molecular weight is 255 g/mol. The number of hydrogen-bond acceptors (Lipinski definition) is 1. The van der Waals surface area contributed by atoms with Crippen molar-refractivity contribution in [2.24, 2.45) is 0 Å². The Balaban J connectivity index is 2.61. The highest BCUT2D eigenvalue weighted by molar-refractivity contribution is 5.20. The molecule has 0 heterocycles. The predicted molar refractivity (Wildman–Crippen MR) is 71.6 cm³/mol. The van der Waals surface area contributed by atoms with Gasteiger partial charge in [0.25, 0.3) is 0 Å². The summed E-state index contributed by atoms with van der Waals surface area (Å²) in [4.78, 5) is 0. The van der Waals surface area contributed by atoms with Gasteiger partial charge < -0.3 is 5.32 Å². The molecule has 0 aliphatic heterocycles. The quantitative estimate of drug-likeness (QED) is 0.774. The molecule has 1 rings (SSSR count). The summed E-state index contributed by atoms with van der Waals surface area (Å²) in [7, 11) is 0. The minimum absolute atomic E-state index is 0.0768. The number of benzene rings is 1. The van der Waals surface area contributed by atoms with E-state index in [-0.39, 0.29) is 11.6 Å². The van der Waals surface area contributed by atoms with Crippen LogP contribution in [0.3, 0.4) is 0 Å². The molecular weight excluding hydrogens is 232 g/mol. The molecule has 2 unspecified atom stereocenters. The lowest BCUT2D eigenvalue weighted by molar-refractivity contribution is 0.401. The van der Waals surface area contributed by atoms with Crippen LogP contribution in [0.5, 0.6) is 0 Å². The summed E-state index contributed by atoms with van der Waals surface area (Å²) in [5.74, 6) is -0.903. The number of rotatable bonds is 7. The molecule has 0 spiro atoms. The largest absolute Gasteiger partial charge is 0.311 e. The molecule has 0 aliphatic carbocycles. The van der Waals surface area contributed by atoms with Crippen LogP contribution in [0.4, 0.5) is 8.78 Å². The lowest BCUT2D eigenvalue weighted by Gasteiger charge is -2.22. The van der Waals surface area contributed by atoms with Gasteiger partial charge in [0.05, 0.1) is 0 Å². The molecule has 0 fully saturated rings. The van der Waals surface area contributed by atoms with Gasteiger partial charge in [0.1, 0.15) is 11.6 Å². The van der Waals surface area contributed by atoms with Crippen molar-refractivity contribution in [1.29, 1.82) is 0 Å². The van der Waals surface area contributed by atoms with Crippen molar-refractivity contribution < 1.29 is 8.78 Å². The first-order valence-electron chi connectivity index (χ1n) is 6.77. The Morgan fingerprint density at radius 3 is 2.28 bits per heavy atom. The molecule has 0 saturated carbocycles. The summed E-state index contributed by atoms with van der Waals surface area (Å²) in [5, 5.41) is 3.44. The summed E-state index contributed by atoms with van der Waals surface area (Å²) in [6, 6.07) is 4.54. The topological polar surface area (TPSA) is 12.0 Å². The summed E-state index contributed by atoms with van der Waals surface area (Å²) in [6.45, 7) is 6.25. The highest BCUT2D eigenvalue weighted by atomic mass is 19.1. The molecule has 18 heavy (non-hydrogen) atoms. The van der Waals surface area contributed by atoms with E-state index < -0.39 is 11.6 Å². The summed E-state index contributed by atoms with van der Waals surface area (Å²) in [5.41, 5.74) is 0.184. The molecule has 2 atom stereocenters. The molecule has 1 nitrogen and oxygen atoms in total. The Bertz CT molecular complexity index is 345. The van der Waals surface area contributed by atoms with E-state index in [1.165, 1.54) is 18.2 Å². The third kappa shape index (κ3) is 4.37. The molecule has 0 amide bonds. The van der Waals surface area contributed by atoms with Gasteiger partial charge in [0.15, 0.2) is 0 Å². The summed E-state index contributed by atoms with van der Waals surface area (Å²) in [6.07, 6.45) is 3.64. The average Bonchev–Trinajstić information content (AvgIpc) is 2.33. The SMILES string of the molecule is CCCC(CC)NC(C)Cc1c(F)cccc1F. The van der Waals surface area contributed by atoms with Crippen molar-refractivity contribution in [3.63, 3.8) is 0 Å². The molecule has 1 N–H and O–H groups in total. The third-order valence-electron chi connectivity index (χ3n) is 3.22. The van der Waals surface area contributed by atoms with Crippen LogP contribution in [0.1, 0.15) is 45.6 Å². The predicted octanol–water partition coefficient (Wildman–Crippen LogP) is 4.06. The van der Waals surface area contributed by atoms with E-state index in [1.54, 1.807) is 0 Å². The van der Waals surface area contributed by atoms with Gasteiger partial charge in [-0.25, -0.2) is 8.78 Å². The maximum Gasteiger partial charge on any atom is 0.129 e. The first-order valence-corrected chi connectivity index (χ1v) is 6.77. The van der Waals surface area contributed by atoms with Gasteiger partial charge in [0, 0.05) is 17.6 Å². The van der Waals surface area contributed by atoms with Crippen LogP contribution in [0, 0.1) is 11.6 Å². The molecule has 0 radical (unpaired) electrons. The van der Waals surface area contributed by atoms with Crippen LogP contribution >= 0.6 is 0 Å². The van der Waals surface area contributed by atoms with E-state index in [9.17, 15) is 8.78 Å². The molecule has 3 heteroatoms. The molecule has 1 aromatic carbocycles. The smallest absolute Gasteiger partial charge is 0.129 e. The van der Waals surface area contributed by atoms with E-state index in [0.717, 1.165) is 19.3 Å². The van der Waals surface area contributed by atoms with Gasteiger partial charge in [-0.15, -0.1) is 0 Å². The van der Waals surface area contributed by atoms with Crippen molar-refractivity contribution in [3.8, 4) is 0 Å². The molecule has 0 saturated heterocycles. The Hall–Kier alpha value is -0.960. The maximum atomic E-state index is 13.5. The zero-order chi connectivity index (χ0) is 13.5. The van der Waals surface area contributed by atoms with Crippen molar-refractivity contribution in [2.75, 3.05) is 0 Å². The van der Waals surface area contributed by atoms with Crippen molar-refractivity contribution in [3.05, 3.63) is 35.4 Å². The van der Waals surface area contributed by atoms with Crippen molar-refractivity contribution >= 4 is 0 Å². The Kier molecular flexibility index (Phi) is 6.27. The number of halogens is 2. The second-order valence-corrected chi connectivity index (χ2v) is 4.87. The van der Waals surface area contributed by atoms with Gasteiger partial charge in [-0.1, -0.05) is 26.3 Å². The fourth-order valence-electron chi connectivity index (χ4n) is 2.25. The van der Waals surface area contributed by atoms with Gasteiger partial charge in [0.2, 0.25) is 0 Å². The molecule has 0 aliphatic rings. The first-order chi connectivity index (χ1) is 8.58. The Morgan fingerprint density at radius 2 is 1.78 bits per heavy atom. The van der Waals surface area contributed by atoms with E-state index in [4.69, 9.17) is 0 Å². The van der Waals surface area contributed by atoms with Crippen LogP contribution in [-0.2, 0) is 6.42 Å².